The number of rotatable bonds is 7. The Morgan fingerprint density at radius 3 is 2.60 bits per heavy atom. The highest BCUT2D eigenvalue weighted by molar-refractivity contribution is 6.01. The first-order valence-electron chi connectivity index (χ1n) is 7.95. The van der Waals surface area contributed by atoms with Crippen molar-refractivity contribution in [3.05, 3.63) is 29.8 Å². The van der Waals surface area contributed by atoms with Gasteiger partial charge in [0.15, 0.2) is 6.61 Å². The predicted octanol–water partition coefficient (Wildman–Crippen LogP) is 1.15. The van der Waals surface area contributed by atoms with Crippen LogP contribution in [-0.2, 0) is 19.1 Å². The molecular weight excluding hydrogens is 326 g/mol. The Bertz CT molecular complexity index is 689. The molecule has 2 rings (SSSR count). The maximum absolute atomic E-state index is 11.8. The van der Waals surface area contributed by atoms with Gasteiger partial charge in [0.2, 0.25) is 5.91 Å². The molecule has 1 aliphatic heterocycles. The Labute approximate surface area is 145 Å². The Balaban J connectivity index is 1.67. The highest BCUT2D eigenvalue weighted by Crippen LogP contribution is 2.13. The minimum atomic E-state index is -0.549. The maximum atomic E-state index is 11.8. The van der Waals surface area contributed by atoms with E-state index in [1.165, 1.54) is 4.90 Å². The smallest absolute Gasteiger partial charge is 0.326 e. The van der Waals surface area contributed by atoms with E-state index in [2.05, 4.69) is 5.32 Å². The Hall–Kier alpha value is -2.90. The predicted molar refractivity (Wildman–Crippen MR) is 89.7 cm³/mol. The molecule has 4 amide bonds. The Kier molecular flexibility index (Phi) is 6.10. The van der Waals surface area contributed by atoms with E-state index in [9.17, 15) is 19.2 Å². The second-order valence-corrected chi connectivity index (χ2v) is 5.81. The number of para-hydroxylation sites is 1. The molecule has 0 saturated carbocycles. The van der Waals surface area contributed by atoms with Crippen molar-refractivity contribution in [2.75, 3.05) is 32.1 Å². The molecule has 0 atom stereocenters. The van der Waals surface area contributed by atoms with Gasteiger partial charge in [0.1, 0.15) is 6.54 Å². The molecule has 1 aromatic rings. The van der Waals surface area contributed by atoms with Crippen LogP contribution in [0.1, 0.15) is 18.4 Å². The average Bonchev–Trinajstić information content (AvgIpc) is 2.81. The molecule has 134 valence electrons. The summed E-state index contributed by atoms with van der Waals surface area (Å²) in [6.07, 6.45) is 0.321. The second-order valence-electron chi connectivity index (χ2n) is 5.81. The molecule has 25 heavy (non-hydrogen) atoms. The fraction of sp³-hybridized carbons (Fsp3) is 0.412. The zero-order chi connectivity index (χ0) is 18.4. The van der Waals surface area contributed by atoms with Crippen molar-refractivity contribution in [2.24, 2.45) is 0 Å². The second kappa shape index (κ2) is 8.27. The number of aryl methyl sites for hydroxylation is 1. The van der Waals surface area contributed by atoms with Crippen molar-refractivity contribution in [3.63, 3.8) is 0 Å². The highest BCUT2D eigenvalue weighted by atomic mass is 16.5. The van der Waals surface area contributed by atoms with Gasteiger partial charge in [-0.15, -0.1) is 0 Å². The van der Waals surface area contributed by atoms with E-state index in [0.29, 0.717) is 12.1 Å². The lowest BCUT2D eigenvalue weighted by molar-refractivity contribution is -0.147. The van der Waals surface area contributed by atoms with E-state index in [4.69, 9.17) is 4.74 Å². The molecule has 1 saturated heterocycles. The number of nitrogens with one attached hydrogen (secondary N) is 1. The lowest BCUT2D eigenvalue weighted by Gasteiger charge is -2.13. The molecule has 1 heterocycles. The van der Waals surface area contributed by atoms with Gasteiger partial charge in [0, 0.05) is 25.7 Å². The third-order valence-electron chi connectivity index (χ3n) is 3.78. The van der Waals surface area contributed by atoms with Crippen LogP contribution in [0, 0.1) is 6.92 Å². The van der Waals surface area contributed by atoms with E-state index < -0.39 is 11.9 Å². The van der Waals surface area contributed by atoms with Gasteiger partial charge in [-0.05, 0) is 25.0 Å². The van der Waals surface area contributed by atoms with E-state index in [1.54, 1.807) is 19.2 Å². The minimum Gasteiger partial charge on any atom is -0.456 e. The van der Waals surface area contributed by atoms with Crippen LogP contribution in [0.25, 0.3) is 0 Å². The van der Waals surface area contributed by atoms with Crippen molar-refractivity contribution < 1.29 is 23.9 Å². The average molecular weight is 347 g/mol. The monoisotopic (exact) mass is 347 g/mol. The molecule has 0 spiro atoms. The van der Waals surface area contributed by atoms with Crippen LogP contribution in [0.5, 0.6) is 0 Å². The van der Waals surface area contributed by atoms with E-state index in [0.717, 1.165) is 10.5 Å². The lowest BCUT2D eigenvalue weighted by atomic mass is 10.2. The van der Waals surface area contributed by atoms with E-state index >= 15 is 0 Å². The first kappa shape index (κ1) is 18.4. The van der Waals surface area contributed by atoms with Crippen LogP contribution >= 0.6 is 0 Å². The molecule has 0 radical (unpaired) electrons. The quantitative estimate of drug-likeness (QED) is 0.590. The van der Waals surface area contributed by atoms with Gasteiger partial charge < -0.3 is 15.0 Å². The summed E-state index contributed by atoms with van der Waals surface area (Å²) in [5, 5.41) is 2.66. The molecule has 1 fully saturated rings. The van der Waals surface area contributed by atoms with Crippen molar-refractivity contribution in [1.82, 2.24) is 9.80 Å². The summed E-state index contributed by atoms with van der Waals surface area (Å²) in [5.74, 6) is -1.25. The molecular formula is C17H21N3O5. The van der Waals surface area contributed by atoms with Gasteiger partial charge in [-0.25, -0.2) is 4.79 Å². The first-order valence-corrected chi connectivity index (χ1v) is 7.95. The number of esters is 1. The van der Waals surface area contributed by atoms with Crippen molar-refractivity contribution in [3.8, 4) is 0 Å². The fourth-order valence-corrected chi connectivity index (χ4v) is 2.39. The molecule has 1 N–H and O–H groups in total. The fourth-order valence-electron chi connectivity index (χ4n) is 2.39. The van der Waals surface area contributed by atoms with Gasteiger partial charge >= 0.3 is 12.0 Å². The third kappa shape index (κ3) is 5.03. The van der Waals surface area contributed by atoms with Crippen LogP contribution in [0.3, 0.4) is 0 Å². The highest BCUT2D eigenvalue weighted by Gasteiger charge is 2.32. The number of carbonyl (C=O) groups is 4. The number of benzene rings is 1. The summed E-state index contributed by atoms with van der Waals surface area (Å²) in [7, 11) is 1.54. The van der Waals surface area contributed by atoms with Crippen LogP contribution in [0.15, 0.2) is 24.3 Å². The normalized spacial score (nSPS) is 14.0. The number of amides is 4. The zero-order valence-electron chi connectivity index (χ0n) is 14.3. The SMILES string of the molecule is Cc1ccccc1NC(=O)COC(=O)CCCN1C(=O)CN(C)C1=O. The summed E-state index contributed by atoms with van der Waals surface area (Å²) in [6, 6.07) is 6.91. The van der Waals surface area contributed by atoms with E-state index in [-0.39, 0.29) is 38.1 Å². The number of hydrogen-bond acceptors (Lipinski definition) is 5. The summed E-state index contributed by atoms with van der Waals surface area (Å²) >= 11 is 0. The van der Waals surface area contributed by atoms with Crippen molar-refractivity contribution in [1.29, 1.82) is 0 Å². The van der Waals surface area contributed by atoms with E-state index in [1.807, 2.05) is 19.1 Å². The number of likely N-dealkylation sites (N-methyl/N-ethyl adjacent to an activating group) is 1. The molecule has 0 unspecified atom stereocenters. The molecule has 1 aromatic carbocycles. The summed E-state index contributed by atoms with van der Waals surface area (Å²) in [5.41, 5.74) is 1.57. The topological polar surface area (TPSA) is 96.0 Å². The number of ether oxygens (including phenoxy) is 1. The molecule has 0 aliphatic carbocycles. The van der Waals surface area contributed by atoms with Crippen molar-refractivity contribution >= 4 is 29.5 Å². The zero-order valence-corrected chi connectivity index (χ0v) is 14.3. The van der Waals surface area contributed by atoms with Gasteiger partial charge in [-0.2, -0.15) is 0 Å². The molecule has 8 heteroatoms. The van der Waals surface area contributed by atoms with Crippen LogP contribution in [0.4, 0.5) is 10.5 Å². The first-order chi connectivity index (χ1) is 11.9. The van der Waals surface area contributed by atoms with Crippen LogP contribution in [-0.4, -0.2) is 60.4 Å². The maximum Gasteiger partial charge on any atom is 0.326 e. The van der Waals surface area contributed by atoms with Gasteiger partial charge in [-0.1, -0.05) is 18.2 Å². The van der Waals surface area contributed by atoms with Gasteiger partial charge in [-0.3, -0.25) is 19.3 Å². The number of urea groups is 1. The molecule has 1 aliphatic rings. The third-order valence-corrected chi connectivity index (χ3v) is 3.78. The summed E-state index contributed by atoms with van der Waals surface area (Å²) in [6.45, 7) is 1.70. The van der Waals surface area contributed by atoms with Crippen LogP contribution in [0.2, 0.25) is 0 Å². The van der Waals surface area contributed by atoms with Gasteiger partial charge in [0.25, 0.3) is 5.91 Å². The number of hydrogen-bond donors (Lipinski definition) is 1. The number of anilines is 1. The number of nitrogens with zero attached hydrogens (tertiary/aromatic N) is 2. The number of imide groups is 1. The Morgan fingerprint density at radius 2 is 1.96 bits per heavy atom. The summed E-state index contributed by atoms with van der Waals surface area (Å²) < 4.78 is 4.91. The number of carbonyl (C=O) groups excluding carboxylic acids is 4. The Morgan fingerprint density at radius 1 is 1.24 bits per heavy atom. The largest absolute Gasteiger partial charge is 0.456 e. The lowest BCUT2D eigenvalue weighted by Crippen LogP contribution is -2.32. The molecule has 0 aromatic heterocycles. The standard InChI is InChI=1S/C17H21N3O5/c1-12-6-3-4-7-13(12)18-14(21)11-25-16(23)8-5-9-20-15(22)10-19(2)17(20)24/h3-4,6-7H,5,8-11H2,1-2H3,(H,18,21). The van der Waals surface area contributed by atoms with Crippen molar-refractivity contribution in [2.45, 2.75) is 19.8 Å². The molecule has 8 nitrogen and oxygen atoms in total. The molecule has 0 bridgehead atoms. The van der Waals surface area contributed by atoms with Crippen LogP contribution < -0.4 is 5.32 Å². The minimum absolute atomic E-state index is 0.0262. The van der Waals surface area contributed by atoms with Gasteiger partial charge in [0.05, 0.1) is 0 Å². The summed E-state index contributed by atoms with van der Waals surface area (Å²) in [4.78, 5) is 49.1.